The number of anilines is 2. The Bertz CT molecular complexity index is 1100. The number of aromatic nitrogens is 3. The molecule has 2 heterocycles. The topological polar surface area (TPSA) is 50.7 Å². The Kier molecular flexibility index (Phi) is 4.22. The molecular weight excluding hydrogens is 351 g/mol. The maximum atomic E-state index is 13.4. The van der Waals surface area contributed by atoms with E-state index < -0.39 is 5.82 Å². The summed E-state index contributed by atoms with van der Waals surface area (Å²) in [7, 11) is 0. The maximum Gasteiger partial charge on any atom is 0.163 e. The number of benzene rings is 2. The van der Waals surface area contributed by atoms with Crippen LogP contribution in [0, 0.1) is 12.7 Å². The second-order valence-corrected chi connectivity index (χ2v) is 6.32. The molecule has 0 saturated carbocycles. The van der Waals surface area contributed by atoms with Crippen LogP contribution in [0.3, 0.4) is 0 Å². The summed E-state index contributed by atoms with van der Waals surface area (Å²) >= 11 is 5.89. The highest BCUT2D eigenvalue weighted by molar-refractivity contribution is 6.31. The standard InChI is InChI=1S/C20H14ClFN4/c1-12-4-7-18-15(9-12)20(24-14-5-6-17(22)16(21)10-14)26-19(25-18)13-3-2-8-23-11-13/h2-11H,1H3,(H,24,25,26). The maximum absolute atomic E-state index is 13.4. The molecule has 4 nitrogen and oxygen atoms in total. The summed E-state index contributed by atoms with van der Waals surface area (Å²) in [6, 6.07) is 14.2. The van der Waals surface area contributed by atoms with Gasteiger partial charge in [0.15, 0.2) is 5.82 Å². The van der Waals surface area contributed by atoms with Gasteiger partial charge in [0.2, 0.25) is 0 Å². The van der Waals surface area contributed by atoms with Crippen LogP contribution in [-0.2, 0) is 0 Å². The van der Waals surface area contributed by atoms with Crippen molar-refractivity contribution in [2.24, 2.45) is 0 Å². The van der Waals surface area contributed by atoms with Crippen LogP contribution in [0.2, 0.25) is 5.02 Å². The predicted molar refractivity (Wildman–Crippen MR) is 102 cm³/mol. The van der Waals surface area contributed by atoms with Crippen molar-refractivity contribution in [3.63, 3.8) is 0 Å². The Morgan fingerprint density at radius 2 is 1.92 bits per heavy atom. The van der Waals surface area contributed by atoms with Crippen LogP contribution in [0.1, 0.15) is 5.56 Å². The molecule has 128 valence electrons. The first kappa shape index (κ1) is 16.4. The highest BCUT2D eigenvalue weighted by atomic mass is 35.5. The third kappa shape index (κ3) is 3.21. The number of nitrogens with zero attached hydrogens (tertiary/aromatic N) is 3. The van der Waals surface area contributed by atoms with Crippen molar-refractivity contribution < 1.29 is 4.39 Å². The van der Waals surface area contributed by atoms with Crippen molar-refractivity contribution in [1.82, 2.24) is 15.0 Å². The number of pyridine rings is 1. The lowest BCUT2D eigenvalue weighted by molar-refractivity contribution is 0.628. The Hall–Kier alpha value is -3.05. The van der Waals surface area contributed by atoms with Crippen molar-refractivity contribution in [2.75, 3.05) is 5.32 Å². The van der Waals surface area contributed by atoms with Gasteiger partial charge in [-0.2, -0.15) is 0 Å². The molecule has 4 rings (SSSR count). The third-order valence-corrected chi connectivity index (χ3v) is 4.24. The molecule has 0 radical (unpaired) electrons. The van der Waals surface area contributed by atoms with Crippen LogP contribution in [0.15, 0.2) is 60.9 Å². The van der Waals surface area contributed by atoms with Gasteiger partial charge in [-0.25, -0.2) is 14.4 Å². The van der Waals surface area contributed by atoms with Gasteiger partial charge in [0, 0.05) is 29.0 Å². The van der Waals surface area contributed by atoms with Crippen LogP contribution in [0.4, 0.5) is 15.9 Å². The minimum absolute atomic E-state index is 0.0528. The van der Waals surface area contributed by atoms with Crippen LogP contribution in [0.5, 0.6) is 0 Å². The predicted octanol–water partition coefficient (Wildman–Crippen LogP) is 5.54. The first-order valence-electron chi connectivity index (χ1n) is 8.01. The van der Waals surface area contributed by atoms with Gasteiger partial charge in [-0.1, -0.05) is 23.2 Å². The van der Waals surface area contributed by atoms with Crippen molar-refractivity contribution in [2.45, 2.75) is 6.92 Å². The molecule has 0 aliphatic rings. The number of aryl methyl sites for hydroxylation is 1. The summed E-state index contributed by atoms with van der Waals surface area (Å²) in [6.45, 7) is 2.01. The zero-order valence-corrected chi connectivity index (χ0v) is 14.6. The van der Waals surface area contributed by atoms with Crippen molar-refractivity contribution in [3.05, 3.63) is 77.3 Å². The van der Waals surface area contributed by atoms with Gasteiger partial charge in [-0.05, 0) is 49.4 Å². The Labute approximate surface area is 154 Å². The van der Waals surface area contributed by atoms with E-state index in [-0.39, 0.29) is 5.02 Å². The summed E-state index contributed by atoms with van der Waals surface area (Å²) in [5.41, 5.74) is 3.36. The number of fused-ring (bicyclic) bond motifs is 1. The summed E-state index contributed by atoms with van der Waals surface area (Å²) in [5.74, 6) is 0.724. The lowest BCUT2D eigenvalue weighted by Gasteiger charge is -2.12. The Morgan fingerprint density at radius 3 is 2.69 bits per heavy atom. The second-order valence-electron chi connectivity index (χ2n) is 5.91. The molecule has 0 bridgehead atoms. The molecule has 26 heavy (non-hydrogen) atoms. The molecular formula is C20H14ClFN4. The van der Waals surface area contributed by atoms with E-state index in [0.717, 1.165) is 22.0 Å². The Morgan fingerprint density at radius 1 is 1.04 bits per heavy atom. The molecule has 0 unspecified atom stereocenters. The van der Waals surface area contributed by atoms with Crippen molar-refractivity contribution in [1.29, 1.82) is 0 Å². The van der Waals surface area contributed by atoms with Crippen molar-refractivity contribution in [3.8, 4) is 11.4 Å². The quantitative estimate of drug-likeness (QED) is 0.518. The highest BCUT2D eigenvalue weighted by Gasteiger charge is 2.11. The largest absolute Gasteiger partial charge is 0.340 e. The van der Waals surface area contributed by atoms with Crippen LogP contribution in [0.25, 0.3) is 22.3 Å². The molecule has 0 saturated heterocycles. The van der Waals surface area contributed by atoms with E-state index in [9.17, 15) is 4.39 Å². The SMILES string of the molecule is Cc1ccc2nc(-c3cccnc3)nc(Nc3ccc(F)c(Cl)c3)c2c1. The third-order valence-electron chi connectivity index (χ3n) is 3.95. The second kappa shape index (κ2) is 6.69. The summed E-state index contributed by atoms with van der Waals surface area (Å²) in [5, 5.41) is 4.16. The van der Waals surface area contributed by atoms with Crippen LogP contribution < -0.4 is 5.32 Å². The zero-order chi connectivity index (χ0) is 18.1. The highest BCUT2D eigenvalue weighted by Crippen LogP contribution is 2.29. The summed E-state index contributed by atoms with van der Waals surface area (Å²) < 4.78 is 13.4. The van der Waals surface area contributed by atoms with Gasteiger partial charge in [-0.3, -0.25) is 4.98 Å². The Balaban J connectivity index is 1.87. The summed E-state index contributed by atoms with van der Waals surface area (Å²) in [6.07, 6.45) is 3.42. The number of hydrogen-bond acceptors (Lipinski definition) is 4. The number of rotatable bonds is 3. The van der Waals surface area contributed by atoms with Crippen LogP contribution in [-0.4, -0.2) is 15.0 Å². The number of halogens is 2. The molecule has 2 aromatic heterocycles. The van der Waals surface area contributed by atoms with Gasteiger partial charge in [-0.15, -0.1) is 0 Å². The van der Waals surface area contributed by atoms with E-state index in [2.05, 4.69) is 20.3 Å². The first-order valence-corrected chi connectivity index (χ1v) is 8.39. The van der Waals surface area contributed by atoms with Gasteiger partial charge < -0.3 is 5.32 Å². The van der Waals surface area contributed by atoms with E-state index in [1.807, 2.05) is 37.3 Å². The monoisotopic (exact) mass is 364 g/mol. The molecule has 1 N–H and O–H groups in total. The molecule has 0 spiro atoms. The van der Waals surface area contributed by atoms with E-state index in [1.54, 1.807) is 18.5 Å². The van der Waals surface area contributed by atoms with Crippen LogP contribution >= 0.6 is 11.6 Å². The smallest absolute Gasteiger partial charge is 0.163 e. The average molecular weight is 365 g/mol. The molecule has 6 heteroatoms. The minimum atomic E-state index is -0.461. The van der Waals surface area contributed by atoms with E-state index in [1.165, 1.54) is 12.1 Å². The van der Waals surface area contributed by atoms with Gasteiger partial charge in [0.1, 0.15) is 11.6 Å². The van der Waals surface area contributed by atoms with E-state index in [4.69, 9.17) is 11.6 Å². The van der Waals surface area contributed by atoms with Gasteiger partial charge in [0.05, 0.1) is 10.5 Å². The lowest BCUT2D eigenvalue weighted by atomic mass is 10.1. The fourth-order valence-electron chi connectivity index (χ4n) is 2.67. The van der Waals surface area contributed by atoms with Gasteiger partial charge in [0.25, 0.3) is 0 Å². The zero-order valence-electron chi connectivity index (χ0n) is 13.9. The normalized spacial score (nSPS) is 10.9. The molecule has 0 fully saturated rings. The van der Waals surface area contributed by atoms with E-state index in [0.29, 0.717) is 17.3 Å². The molecule has 0 atom stereocenters. The molecule has 0 aliphatic heterocycles. The molecule has 0 amide bonds. The lowest BCUT2D eigenvalue weighted by Crippen LogP contribution is -2.00. The average Bonchev–Trinajstić information content (AvgIpc) is 2.65. The minimum Gasteiger partial charge on any atom is -0.340 e. The molecule has 0 aliphatic carbocycles. The van der Waals surface area contributed by atoms with Crippen molar-refractivity contribution >= 4 is 34.0 Å². The first-order chi connectivity index (χ1) is 12.6. The number of nitrogens with one attached hydrogen (secondary N) is 1. The molecule has 2 aromatic carbocycles. The fourth-order valence-corrected chi connectivity index (χ4v) is 2.85. The number of hydrogen-bond donors (Lipinski definition) is 1. The molecule has 4 aromatic rings. The van der Waals surface area contributed by atoms with E-state index >= 15 is 0 Å². The fraction of sp³-hybridized carbons (Fsp3) is 0.0500. The summed E-state index contributed by atoms with van der Waals surface area (Å²) in [4.78, 5) is 13.4. The van der Waals surface area contributed by atoms with Gasteiger partial charge >= 0.3 is 0 Å².